The van der Waals surface area contributed by atoms with Crippen molar-refractivity contribution < 1.29 is 9.47 Å². The molecule has 0 saturated heterocycles. The molecular formula is C34H42N4O2. The lowest BCUT2D eigenvalue weighted by Crippen LogP contribution is -2.10. The number of hydrogen-bond donors (Lipinski definition) is 4. The molecule has 6 heteroatoms. The number of para-hydroxylation sites is 2. The molecule has 0 radical (unpaired) electrons. The number of nitrogens with one attached hydrogen (secondary N) is 4. The minimum absolute atomic E-state index is 0.715. The topological polar surface area (TPSA) is 66.6 Å². The first-order valence-electron chi connectivity index (χ1n) is 14.3. The predicted molar refractivity (Wildman–Crippen MR) is 169 cm³/mol. The second-order valence-electron chi connectivity index (χ2n) is 9.63. The summed E-state index contributed by atoms with van der Waals surface area (Å²) in [6, 6.07) is 37.1. The summed E-state index contributed by atoms with van der Waals surface area (Å²) in [7, 11) is 0. The van der Waals surface area contributed by atoms with Gasteiger partial charge in [-0.25, -0.2) is 0 Å². The minimum Gasteiger partial charge on any atom is -0.383 e. The van der Waals surface area contributed by atoms with Gasteiger partial charge in [-0.15, -0.1) is 0 Å². The monoisotopic (exact) mass is 538 g/mol. The quantitative estimate of drug-likeness (QED) is 0.0901. The highest BCUT2D eigenvalue weighted by Gasteiger charge is 1.98. The van der Waals surface area contributed by atoms with E-state index in [1.165, 1.54) is 12.8 Å². The van der Waals surface area contributed by atoms with Crippen molar-refractivity contribution in [2.24, 2.45) is 0 Å². The molecule has 210 valence electrons. The average Bonchev–Trinajstić information content (AvgIpc) is 3.00. The molecule has 0 aromatic heterocycles. The van der Waals surface area contributed by atoms with Crippen molar-refractivity contribution in [3.05, 3.63) is 109 Å². The molecule has 6 nitrogen and oxygen atoms in total. The number of anilines is 6. The fourth-order valence-corrected chi connectivity index (χ4v) is 4.22. The van der Waals surface area contributed by atoms with Crippen LogP contribution in [0.15, 0.2) is 109 Å². The second kappa shape index (κ2) is 17.6. The Morgan fingerprint density at radius 1 is 0.350 bits per heavy atom. The first kappa shape index (κ1) is 29.0. The van der Waals surface area contributed by atoms with E-state index >= 15 is 0 Å². The van der Waals surface area contributed by atoms with Crippen molar-refractivity contribution in [3.63, 3.8) is 0 Å². The van der Waals surface area contributed by atoms with Gasteiger partial charge < -0.3 is 30.7 Å². The van der Waals surface area contributed by atoms with Gasteiger partial charge in [-0.1, -0.05) is 49.2 Å². The normalized spacial score (nSPS) is 10.7. The van der Waals surface area contributed by atoms with Crippen LogP contribution in [0.2, 0.25) is 0 Å². The van der Waals surface area contributed by atoms with Crippen molar-refractivity contribution in [2.75, 3.05) is 60.8 Å². The van der Waals surface area contributed by atoms with Crippen LogP contribution in [-0.4, -0.2) is 39.5 Å². The summed E-state index contributed by atoms with van der Waals surface area (Å²) in [5.74, 6) is 0. The van der Waals surface area contributed by atoms with Gasteiger partial charge in [0.2, 0.25) is 0 Å². The smallest absolute Gasteiger partial charge is 0.0639 e. The van der Waals surface area contributed by atoms with E-state index in [1.54, 1.807) is 0 Å². The number of rotatable bonds is 19. The van der Waals surface area contributed by atoms with Crippen LogP contribution in [0.4, 0.5) is 34.1 Å². The number of hydrogen-bond acceptors (Lipinski definition) is 6. The minimum atomic E-state index is 0.715. The van der Waals surface area contributed by atoms with Crippen molar-refractivity contribution in [1.82, 2.24) is 0 Å². The lowest BCUT2D eigenvalue weighted by Gasteiger charge is -2.10. The number of benzene rings is 4. The molecule has 0 fully saturated rings. The zero-order valence-electron chi connectivity index (χ0n) is 23.3. The van der Waals surface area contributed by atoms with Crippen molar-refractivity contribution in [1.29, 1.82) is 0 Å². The SMILES string of the molecule is c1ccc(Nc2ccc(NCCOCCCCCCOCCNc3ccc(Nc4ccccc4)cc3)cc2)cc1. The summed E-state index contributed by atoms with van der Waals surface area (Å²) in [4.78, 5) is 0. The fourth-order valence-electron chi connectivity index (χ4n) is 4.22. The van der Waals surface area contributed by atoms with E-state index in [1.807, 2.05) is 36.4 Å². The molecular weight excluding hydrogens is 496 g/mol. The van der Waals surface area contributed by atoms with E-state index < -0.39 is 0 Å². The van der Waals surface area contributed by atoms with E-state index in [0.717, 1.165) is 73.3 Å². The van der Waals surface area contributed by atoms with Gasteiger partial charge in [-0.05, 0) is 85.6 Å². The number of unbranched alkanes of at least 4 members (excludes halogenated alkanes) is 3. The summed E-state index contributed by atoms with van der Waals surface area (Å²) >= 11 is 0. The Morgan fingerprint density at radius 2 is 0.700 bits per heavy atom. The van der Waals surface area contributed by atoms with Gasteiger partial charge in [0.1, 0.15) is 0 Å². The first-order valence-corrected chi connectivity index (χ1v) is 14.3. The Hall–Kier alpha value is -4.00. The average molecular weight is 539 g/mol. The summed E-state index contributed by atoms with van der Waals surface area (Å²) in [5.41, 5.74) is 6.54. The molecule has 0 aliphatic rings. The van der Waals surface area contributed by atoms with Crippen molar-refractivity contribution in [3.8, 4) is 0 Å². The summed E-state index contributed by atoms with van der Waals surface area (Å²) < 4.78 is 11.6. The molecule has 0 aliphatic heterocycles. The van der Waals surface area contributed by atoms with Gasteiger partial charge in [0.05, 0.1) is 13.2 Å². The molecule has 4 rings (SSSR count). The van der Waals surface area contributed by atoms with Crippen LogP contribution in [0.5, 0.6) is 0 Å². The van der Waals surface area contributed by atoms with Gasteiger partial charge in [-0.3, -0.25) is 0 Å². The van der Waals surface area contributed by atoms with Crippen LogP contribution >= 0.6 is 0 Å². The highest BCUT2D eigenvalue weighted by atomic mass is 16.5. The molecule has 0 bridgehead atoms. The molecule has 0 aliphatic carbocycles. The Bertz CT molecular complexity index is 1090. The van der Waals surface area contributed by atoms with Crippen LogP contribution in [0.25, 0.3) is 0 Å². The van der Waals surface area contributed by atoms with Crippen LogP contribution in [0.3, 0.4) is 0 Å². The summed E-state index contributed by atoms with van der Waals surface area (Å²) in [6.45, 7) is 4.67. The Balaban J connectivity index is 0.921. The zero-order chi connectivity index (χ0) is 27.5. The molecule has 4 aromatic carbocycles. The second-order valence-corrected chi connectivity index (χ2v) is 9.63. The van der Waals surface area contributed by atoms with E-state index in [9.17, 15) is 0 Å². The molecule has 4 N–H and O–H groups in total. The third kappa shape index (κ3) is 11.4. The molecule has 0 unspecified atom stereocenters. The van der Waals surface area contributed by atoms with Gasteiger partial charge in [0, 0.05) is 60.4 Å². The zero-order valence-corrected chi connectivity index (χ0v) is 23.3. The predicted octanol–water partition coefficient (Wildman–Crippen LogP) is 8.29. The van der Waals surface area contributed by atoms with E-state index in [2.05, 4.69) is 94.1 Å². The Labute approximate surface area is 239 Å². The maximum absolute atomic E-state index is 5.78. The highest BCUT2D eigenvalue weighted by molar-refractivity contribution is 5.63. The van der Waals surface area contributed by atoms with E-state index in [-0.39, 0.29) is 0 Å². The standard InChI is InChI=1S/C34H42N4O2/c1(9-25-39-27-23-35-29-15-19-33(20-16-29)37-31-11-5-3-6-12-31)2-10-26-40-28-24-36-30-17-21-34(22-18-30)38-32-13-7-4-8-14-32/h3-8,11-22,35-38H,1-2,9-10,23-28H2. The molecule has 0 spiro atoms. The van der Waals surface area contributed by atoms with Crippen LogP contribution < -0.4 is 21.3 Å². The van der Waals surface area contributed by atoms with Crippen molar-refractivity contribution >= 4 is 34.1 Å². The molecule has 40 heavy (non-hydrogen) atoms. The maximum atomic E-state index is 5.78. The van der Waals surface area contributed by atoms with E-state index in [4.69, 9.17) is 9.47 Å². The van der Waals surface area contributed by atoms with Crippen LogP contribution in [0, 0.1) is 0 Å². The summed E-state index contributed by atoms with van der Waals surface area (Å²) in [5, 5.41) is 13.6. The van der Waals surface area contributed by atoms with Gasteiger partial charge in [0.25, 0.3) is 0 Å². The first-order chi connectivity index (χ1) is 19.8. The molecule has 4 aromatic rings. The third-order valence-corrected chi connectivity index (χ3v) is 6.37. The fraction of sp³-hybridized carbons (Fsp3) is 0.294. The third-order valence-electron chi connectivity index (χ3n) is 6.37. The Morgan fingerprint density at radius 3 is 1.10 bits per heavy atom. The molecule has 0 saturated carbocycles. The molecule has 0 amide bonds. The van der Waals surface area contributed by atoms with Gasteiger partial charge in [0.15, 0.2) is 0 Å². The number of ether oxygens (including phenoxy) is 2. The van der Waals surface area contributed by atoms with Crippen molar-refractivity contribution in [2.45, 2.75) is 25.7 Å². The lowest BCUT2D eigenvalue weighted by molar-refractivity contribution is 0.130. The Kier molecular flexibility index (Phi) is 12.7. The van der Waals surface area contributed by atoms with Gasteiger partial charge in [-0.2, -0.15) is 0 Å². The van der Waals surface area contributed by atoms with E-state index in [0.29, 0.717) is 13.2 Å². The molecule has 0 atom stereocenters. The largest absolute Gasteiger partial charge is 0.383 e. The van der Waals surface area contributed by atoms with Crippen LogP contribution in [-0.2, 0) is 9.47 Å². The summed E-state index contributed by atoms with van der Waals surface area (Å²) in [6.07, 6.45) is 4.54. The maximum Gasteiger partial charge on any atom is 0.0639 e. The van der Waals surface area contributed by atoms with Crippen LogP contribution in [0.1, 0.15) is 25.7 Å². The highest BCUT2D eigenvalue weighted by Crippen LogP contribution is 2.19. The lowest BCUT2D eigenvalue weighted by atomic mass is 10.2. The molecule has 0 heterocycles. The van der Waals surface area contributed by atoms with Gasteiger partial charge >= 0.3 is 0 Å².